The molecule has 0 aromatic heterocycles. The number of nitriles is 2. The predicted molar refractivity (Wildman–Crippen MR) is 82.5 cm³/mol. The van der Waals surface area contributed by atoms with Crippen molar-refractivity contribution < 1.29 is 4.74 Å². The van der Waals surface area contributed by atoms with E-state index in [2.05, 4.69) is 24.8 Å². The lowest BCUT2D eigenvalue weighted by atomic mass is 10.0. The third-order valence-corrected chi connectivity index (χ3v) is 3.56. The highest BCUT2D eigenvalue weighted by Gasteiger charge is 2.18. The van der Waals surface area contributed by atoms with Crippen LogP contribution in [-0.2, 0) is 0 Å². The van der Waals surface area contributed by atoms with Gasteiger partial charge in [0.05, 0.1) is 0 Å². The van der Waals surface area contributed by atoms with Gasteiger partial charge in [-0.3, -0.25) is 0 Å². The van der Waals surface area contributed by atoms with E-state index in [1.54, 1.807) is 6.08 Å². The Kier molecular flexibility index (Phi) is 4.30. The maximum absolute atomic E-state index is 8.98. The van der Waals surface area contributed by atoms with Crippen LogP contribution < -0.4 is 9.64 Å². The number of nitrogens with zero attached hydrogens (tertiary/aromatic N) is 3. The lowest BCUT2D eigenvalue weighted by molar-refractivity contribution is 0.436. The minimum absolute atomic E-state index is 0.00626. The van der Waals surface area contributed by atoms with Gasteiger partial charge < -0.3 is 9.64 Å². The molecule has 2 rings (SSSR count). The van der Waals surface area contributed by atoms with Crippen LogP contribution in [0.5, 0.6) is 5.75 Å². The number of rotatable bonds is 3. The fourth-order valence-electron chi connectivity index (χ4n) is 2.39. The summed E-state index contributed by atoms with van der Waals surface area (Å²) >= 11 is 0. The summed E-state index contributed by atoms with van der Waals surface area (Å²) in [5.74, 6) is 1.01. The van der Waals surface area contributed by atoms with Crippen molar-refractivity contribution in [1.82, 2.24) is 0 Å². The number of benzene rings is 1. The van der Waals surface area contributed by atoms with Crippen LogP contribution in [0.2, 0.25) is 0 Å². The summed E-state index contributed by atoms with van der Waals surface area (Å²) in [5, 5.41) is 18.0. The number of allylic oxidation sites excluding steroid dienone is 3. The fraction of sp³-hybridized carbons (Fsp3) is 0.294. The Bertz CT molecular complexity index is 682. The first-order valence-corrected chi connectivity index (χ1v) is 6.94. The van der Waals surface area contributed by atoms with Gasteiger partial charge in [-0.1, -0.05) is 0 Å². The molecule has 1 aromatic rings. The van der Waals surface area contributed by atoms with E-state index in [1.807, 2.05) is 31.2 Å². The van der Waals surface area contributed by atoms with Crippen LogP contribution in [0.25, 0.3) is 5.57 Å². The molecule has 0 aliphatic carbocycles. The van der Waals surface area contributed by atoms with Crippen molar-refractivity contribution in [2.75, 3.05) is 18.0 Å². The van der Waals surface area contributed by atoms with Crippen molar-refractivity contribution in [1.29, 1.82) is 10.5 Å². The topological polar surface area (TPSA) is 60.0 Å². The zero-order valence-corrected chi connectivity index (χ0v) is 12.5. The molecule has 21 heavy (non-hydrogen) atoms. The summed E-state index contributed by atoms with van der Waals surface area (Å²) in [6, 6.07) is 9.79. The number of ether oxygens (including phenoxy) is 1. The van der Waals surface area contributed by atoms with Crippen LogP contribution in [0.1, 0.15) is 26.3 Å². The van der Waals surface area contributed by atoms with Gasteiger partial charge in [-0.2, -0.15) is 10.5 Å². The molecule has 0 atom stereocenters. The molecule has 1 heterocycles. The molecule has 0 amide bonds. The zero-order valence-electron chi connectivity index (χ0n) is 12.5. The number of anilines is 1. The fourth-order valence-corrected chi connectivity index (χ4v) is 2.39. The third kappa shape index (κ3) is 2.75. The van der Waals surface area contributed by atoms with E-state index in [9.17, 15) is 0 Å². The molecule has 0 saturated heterocycles. The van der Waals surface area contributed by atoms with Crippen molar-refractivity contribution in [3.8, 4) is 17.9 Å². The molecule has 4 nitrogen and oxygen atoms in total. The average molecular weight is 279 g/mol. The smallest absolute Gasteiger partial charge is 0.172 e. The van der Waals surface area contributed by atoms with E-state index in [4.69, 9.17) is 15.3 Å². The Morgan fingerprint density at radius 3 is 2.43 bits per heavy atom. The number of hydrogen-bond acceptors (Lipinski definition) is 4. The summed E-state index contributed by atoms with van der Waals surface area (Å²) in [6.45, 7) is 7.97. The molecular formula is C17H17N3O. The maximum Gasteiger partial charge on any atom is 0.172 e. The second-order valence-corrected chi connectivity index (χ2v) is 4.75. The van der Waals surface area contributed by atoms with E-state index in [0.717, 1.165) is 29.9 Å². The second kappa shape index (κ2) is 6.15. The number of fused-ring (bicyclic) bond motifs is 1. The second-order valence-electron chi connectivity index (χ2n) is 4.75. The van der Waals surface area contributed by atoms with Crippen molar-refractivity contribution in [3.63, 3.8) is 0 Å². The lowest BCUT2D eigenvalue weighted by Gasteiger charge is -2.24. The Labute approximate surface area is 125 Å². The molecule has 1 aliphatic heterocycles. The van der Waals surface area contributed by atoms with E-state index < -0.39 is 0 Å². The molecule has 0 radical (unpaired) electrons. The van der Waals surface area contributed by atoms with E-state index >= 15 is 0 Å². The van der Waals surface area contributed by atoms with Gasteiger partial charge in [0.15, 0.2) is 11.3 Å². The molecule has 0 spiro atoms. The zero-order chi connectivity index (χ0) is 15.4. The summed E-state index contributed by atoms with van der Waals surface area (Å²) in [7, 11) is 0. The molecule has 0 unspecified atom stereocenters. The van der Waals surface area contributed by atoms with Crippen LogP contribution in [0, 0.1) is 22.7 Å². The third-order valence-electron chi connectivity index (χ3n) is 3.56. The summed E-state index contributed by atoms with van der Waals surface area (Å²) in [6.07, 6.45) is 1.74. The first kappa shape index (κ1) is 14.7. The monoisotopic (exact) mass is 279 g/mol. The molecule has 0 bridgehead atoms. The molecule has 0 N–H and O–H groups in total. The Morgan fingerprint density at radius 2 is 1.86 bits per heavy atom. The molecule has 106 valence electrons. The highest BCUT2D eigenvalue weighted by Crippen LogP contribution is 2.36. The van der Waals surface area contributed by atoms with E-state index in [1.165, 1.54) is 0 Å². The minimum Gasteiger partial charge on any atom is -0.454 e. The van der Waals surface area contributed by atoms with Crippen LogP contribution in [0.3, 0.4) is 0 Å². The summed E-state index contributed by atoms with van der Waals surface area (Å²) in [4.78, 5) is 2.22. The van der Waals surface area contributed by atoms with Gasteiger partial charge >= 0.3 is 0 Å². The summed E-state index contributed by atoms with van der Waals surface area (Å²) in [5.41, 5.74) is 3.04. The largest absolute Gasteiger partial charge is 0.454 e. The molecular weight excluding hydrogens is 262 g/mol. The van der Waals surface area contributed by atoms with Crippen molar-refractivity contribution in [2.24, 2.45) is 0 Å². The first-order chi connectivity index (χ1) is 10.1. The van der Waals surface area contributed by atoms with Gasteiger partial charge in [-0.15, -0.1) is 0 Å². The quantitative estimate of drug-likeness (QED) is 0.793. The van der Waals surface area contributed by atoms with E-state index in [0.29, 0.717) is 11.5 Å². The molecule has 0 fully saturated rings. The van der Waals surface area contributed by atoms with Gasteiger partial charge in [0, 0.05) is 30.4 Å². The molecule has 0 saturated carbocycles. The Hall–Kier alpha value is -2.72. The lowest BCUT2D eigenvalue weighted by Crippen LogP contribution is -2.22. The maximum atomic E-state index is 8.98. The van der Waals surface area contributed by atoms with Crippen LogP contribution >= 0.6 is 0 Å². The van der Waals surface area contributed by atoms with Gasteiger partial charge in [0.1, 0.15) is 17.9 Å². The normalized spacial score (nSPS) is 12.4. The molecule has 1 aromatic carbocycles. The van der Waals surface area contributed by atoms with Crippen LogP contribution in [0.15, 0.2) is 35.6 Å². The molecule has 4 heteroatoms. The van der Waals surface area contributed by atoms with Crippen LogP contribution in [0.4, 0.5) is 5.69 Å². The Balaban J connectivity index is 2.50. The van der Waals surface area contributed by atoms with Gasteiger partial charge in [0.2, 0.25) is 0 Å². The van der Waals surface area contributed by atoms with Crippen LogP contribution in [-0.4, -0.2) is 13.1 Å². The average Bonchev–Trinajstić information content (AvgIpc) is 2.49. The van der Waals surface area contributed by atoms with Crippen molar-refractivity contribution in [3.05, 3.63) is 41.2 Å². The van der Waals surface area contributed by atoms with Gasteiger partial charge in [-0.25, -0.2) is 0 Å². The minimum atomic E-state index is -0.00626. The van der Waals surface area contributed by atoms with Gasteiger partial charge in [-0.05, 0) is 44.6 Å². The Morgan fingerprint density at radius 1 is 1.19 bits per heavy atom. The summed E-state index contributed by atoms with van der Waals surface area (Å²) < 4.78 is 5.76. The standard InChI is InChI=1S/C17H17N3O/c1-4-20(5-2)14-6-7-15-12(3)8-16(13(10-18)11-19)21-17(15)9-14/h6-9H,4-5H2,1-3H3. The van der Waals surface area contributed by atoms with E-state index in [-0.39, 0.29) is 5.57 Å². The van der Waals surface area contributed by atoms with Crippen molar-refractivity contribution >= 4 is 11.3 Å². The first-order valence-electron chi connectivity index (χ1n) is 6.94. The highest BCUT2D eigenvalue weighted by atomic mass is 16.5. The van der Waals surface area contributed by atoms with Crippen molar-refractivity contribution in [2.45, 2.75) is 20.8 Å². The SMILES string of the molecule is CCN(CC)c1ccc2c(c1)OC(=C(C#N)C#N)C=C2C. The number of hydrogen-bond donors (Lipinski definition) is 0. The highest BCUT2D eigenvalue weighted by molar-refractivity contribution is 5.76. The molecule has 1 aliphatic rings. The van der Waals surface area contributed by atoms with Gasteiger partial charge in [0.25, 0.3) is 0 Å². The predicted octanol–water partition coefficient (Wildman–Crippen LogP) is 3.63.